The Kier molecular flexibility index (Phi) is 8.23. The van der Waals surface area contributed by atoms with Crippen LogP contribution in [-0.4, -0.2) is 65.2 Å². The third-order valence-electron chi connectivity index (χ3n) is 6.54. The molecule has 0 spiro atoms. The van der Waals surface area contributed by atoms with E-state index in [2.05, 4.69) is 22.0 Å². The van der Waals surface area contributed by atoms with Crippen LogP contribution in [-0.2, 0) is 29.0 Å². The molecule has 1 N–H and O–H groups in total. The Morgan fingerprint density at radius 3 is 2.02 bits per heavy atom. The minimum Gasteiger partial charge on any atom is -0.327 e. The minimum atomic E-state index is -5.63. The number of alkyl halides is 9. The lowest BCUT2D eigenvalue weighted by atomic mass is 10.1. The summed E-state index contributed by atoms with van der Waals surface area (Å²) in [5, 5.41) is 3.17. The summed E-state index contributed by atoms with van der Waals surface area (Å²) in [6, 6.07) is 0.0871. The number of carbonyl (C=O) groups is 1. The zero-order valence-corrected chi connectivity index (χ0v) is 22.1. The van der Waals surface area contributed by atoms with E-state index >= 15 is 0 Å². The van der Waals surface area contributed by atoms with Gasteiger partial charge in [0.2, 0.25) is 0 Å². The minimum absolute atomic E-state index is 0.0705. The van der Waals surface area contributed by atoms with Crippen LogP contribution in [0.4, 0.5) is 51.0 Å². The number of halogens is 9. The van der Waals surface area contributed by atoms with Crippen LogP contribution in [0, 0.1) is 11.8 Å². The molecular formula is C24H21F9N6O4. The van der Waals surface area contributed by atoms with Crippen molar-refractivity contribution in [1.29, 1.82) is 0 Å². The van der Waals surface area contributed by atoms with Gasteiger partial charge < -0.3 is 15.1 Å². The number of aromatic nitrogens is 2. The second-order valence-electron chi connectivity index (χ2n) is 9.31. The number of hydrogen-bond donors (Lipinski definition) is 1. The number of benzene rings is 1. The number of nitrogens with one attached hydrogen (secondary N) is 1. The second-order valence-corrected chi connectivity index (χ2v) is 9.31. The van der Waals surface area contributed by atoms with Gasteiger partial charge in [-0.2, -0.15) is 39.5 Å². The summed E-state index contributed by atoms with van der Waals surface area (Å²) in [5.74, 6) is 1.27. The topological polar surface area (TPSA) is 92.0 Å². The maximum absolute atomic E-state index is 13.7. The number of rotatable bonds is 4. The molecule has 43 heavy (non-hydrogen) atoms. The molecule has 0 radical (unpaired) electrons. The number of anilines is 2. The van der Waals surface area contributed by atoms with E-state index in [4.69, 9.17) is 0 Å². The first kappa shape index (κ1) is 31.7. The second kappa shape index (κ2) is 11.1. The summed E-state index contributed by atoms with van der Waals surface area (Å²) < 4.78 is 123. The maximum atomic E-state index is 13.7. The zero-order chi connectivity index (χ0) is 32.1. The van der Waals surface area contributed by atoms with E-state index in [9.17, 15) is 53.9 Å². The standard InChI is InChI=1S/C24H21F9N6O4/c1-3-4-7-37-16-17(39(43-19(41)24(31,32)33)20(37)36-8-5-34-6-9-36)38(21(42)35(2)18(16)40)15-11-13(22(25,26)27)10-14(12-15)23(28,29)30/h10-12,20,34H,5-9H2,1-2H3. The average molecular weight is 628 g/mol. The molecule has 1 aromatic carbocycles. The largest absolute Gasteiger partial charge is 0.493 e. The molecule has 1 fully saturated rings. The first-order valence-corrected chi connectivity index (χ1v) is 12.2. The fourth-order valence-electron chi connectivity index (χ4n) is 4.61. The lowest BCUT2D eigenvalue weighted by Crippen LogP contribution is -2.61. The highest BCUT2D eigenvalue weighted by atomic mass is 19.4. The summed E-state index contributed by atoms with van der Waals surface area (Å²) in [7, 11) is 0.869. The van der Waals surface area contributed by atoms with Gasteiger partial charge in [-0.15, -0.1) is 11.0 Å². The van der Waals surface area contributed by atoms with Gasteiger partial charge in [0, 0.05) is 33.2 Å². The SMILES string of the molecule is CC#CCN1c2c(n(-c3cc(C(F)(F)F)cc(C(F)(F)F)c3)c(=O)n(C)c2=O)N(OC(=O)C(F)(F)F)C1N1CCNCC1. The van der Waals surface area contributed by atoms with Crippen LogP contribution in [0.5, 0.6) is 0 Å². The number of nitrogens with zero attached hydrogens (tertiary/aromatic N) is 5. The number of fused-ring (bicyclic) bond motifs is 1. The molecular weight excluding hydrogens is 607 g/mol. The van der Waals surface area contributed by atoms with Crippen LogP contribution in [0.2, 0.25) is 0 Å². The number of hydroxylamine groups is 1. The smallest absolute Gasteiger partial charge is 0.327 e. The summed E-state index contributed by atoms with van der Waals surface area (Å²) in [6.07, 6.45) is -18.0. The summed E-state index contributed by atoms with van der Waals surface area (Å²) in [6.45, 7) is 1.62. The van der Waals surface area contributed by atoms with Gasteiger partial charge in [-0.05, 0) is 25.1 Å². The normalized spacial score (nSPS) is 17.9. The Bertz CT molecular complexity index is 1560. The molecule has 0 bridgehead atoms. The highest BCUT2D eigenvalue weighted by Gasteiger charge is 2.51. The van der Waals surface area contributed by atoms with Crippen molar-refractivity contribution in [3.8, 4) is 17.5 Å². The predicted molar refractivity (Wildman–Crippen MR) is 131 cm³/mol. The van der Waals surface area contributed by atoms with Crippen molar-refractivity contribution in [2.45, 2.75) is 31.7 Å². The van der Waals surface area contributed by atoms with Gasteiger partial charge in [0.15, 0.2) is 17.8 Å². The molecule has 2 aliphatic heterocycles. The van der Waals surface area contributed by atoms with Crippen LogP contribution in [0.25, 0.3) is 5.69 Å². The van der Waals surface area contributed by atoms with Crippen LogP contribution in [0.3, 0.4) is 0 Å². The van der Waals surface area contributed by atoms with Gasteiger partial charge in [-0.3, -0.25) is 14.3 Å². The molecule has 10 nitrogen and oxygen atoms in total. The van der Waals surface area contributed by atoms with Gasteiger partial charge in [-0.25, -0.2) is 14.2 Å². The number of hydrogen-bond acceptors (Lipinski definition) is 8. The van der Waals surface area contributed by atoms with Gasteiger partial charge in [-0.1, -0.05) is 5.92 Å². The molecule has 2 aromatic rings. The number of carbonyl (C=O) groups excluding carboxylic acids is 1. The third-order valence-corrected chi connectivity index (χ3v) is 6.54. The van der Waals surface area contributed by atoms with Crippen molar-refractivity contribution < 1.29 is 49.1 Å². The van der Waals surface area contributed by atoms with Gasteiger partial charge in [0.1, 0.15) is 0 Å². The molecule has 234 valence electrons. The van der Waals surface area contributed by atoms with Gasteiger partial charge >= 0.3 is 30.2 Å². The van der Waals surface area contributed by atoms with E-state index in [1.54, 1.807) is 0 Å². The van der Waals surface area contributed by atoms with Crippen molar-refractivity contribution in [3.63, 3.8) is 0 Å². The van der Waals surface area contributed by atoms with Crippen molar-refractivity contribution >= 4 is 17.5 Å². The van der Waals surface area contributed by atoms with E-state index < -0.39 is 76.9 Å². The summed E-state index contributed by atoms with van der Waals surface area (Å²) >= 11 is 0. The quantitative estimate of drug-likeness (QED) is 0.408. The third kappa shape index (κ3) is 6.01. The Morgan fingerprint density at radius 2 is 1.53 bits per heavy atom. The van der Waals surface area contributed by atoms with Crippen molar-refractivity contribution in [3.05, 3.63) is 50.2 Å². The molecule has 0 aliphatic carbocycles. The Hall–Kier alpha value is -4.18. The van der Waals surface area contributed by atoms with E-state index in [1.807, 2.05) is 0 Å². The first-order chi connectivity index (χ1) is 19.9. The maximum Gasteiger partial charge on any atom is 0.493 e. The van der Waals surface area contributed by atoms with Crippen LogP contribution >= 0.6 is 0 Å². The summed E-state index contributed by atoms with van der Waals surface area (Å²) in [5.41, 5.74) is -8.20. The van der Waals surface area contributed by atoms with Crippen molar-refractivity contribution in [2.24, 2.45) is 7.05 Å². The number of piperazine rings is 1. The van der Waals surface area contributed by atoms with E-state index in [0.717, 1.165) is 11.9 Å². The van der Waals surface area contributed by atoms with Crippen molar-refractivity contribution in [2.75, 3.05) is 42.7 Å². The highest BCUT2D eigenvalue weighted by Crippen LogP contribution is 2.42. The fraction of sp³-hybridized carbons (Fsp3) is 0.458. The molecule has 19 heteroatoms. The molecule has 1 unspecified atom stereocenters. The predicted octanol–water partition coefficient (Wildman–Crippen LogP) is 2.43. The molecule has 1 saturated heterocycles. The van der Waals surface area contributed by atoms with E-state index in [0.29, 0.717) is 4.57 Å². The Labute approximate surface area is 235 Å². The van der Waals surface area contributed by atoms with E-state index in [-0.39, 0.29) is 54.0 Å². The molecule has 0 saturated carbocycles. The fourth-order valence-corrected chi connectivity index (χ4v) is 4.61. The zero-order valence-electron chi connectivity index (χ0n) is 22.1. The monoisotopic (exact) mass is 628 g/mol. The van der Waals surface area contributed by atoms with Crippen LogP contribution < -0.4 is 26.5 Å². The van der Waals surface area contributed by atoms with Crippen molar-refractivity contribution in [1.82, 2.24) is 19.4 Å². The highest BCUT2D eigenvalue weighted by molar-refractivity contribution is 5.80. The van der Waals surface area contributed by atoms with E-state index in [1.165, 1.54) is 11.8 Å². The Morgan fingerprint density at radius 1 is 0.977 bits per heavy atom. The lowest BCUT2D eigenvalue weighted by molar-refractivity contribution is -0.203. The van der Waals surface area contributed by atoms with Crippen LogP contribution in [0.1, 0.15) is 18.1 Å². The van der Waals surface area contributed by atoms with Gasteiger partial charge in [0.05, 0.1) is 23.4 Å². The first-order valence-electron chi connectivity index (χ1n) is 12.2. The molecule has 3 heterocycles. The summed E-state index contributed by atoms with van der Waals surface area (Å²) in [4.78, 5) is 46.1. The molecule has 1 aromatic heterocycles. The molecule has 0 amide bonds. The Balaban J connectivity index is 2.13. The van der Waals surface area contributed by atoms with Crippen LogP contribution in [0.15, 0.2) is 27.8 Å². The lowest BCUT2D eigenvalue weighted by Gasteiger charge is -2.40. The van der Waals surface area contributed by atoms with Gasteiger partial charge in [0.25, 0.3) is 5.56 Å². The average Bonchev–Trinajstić information content (AvgIpc) is 3.22. The molecule has 4 rings (SSSR count). The molecule has 1 atom stereocenters. The molecule has 2 aliphatic rings.